The highest BCUT2D eigenvalue weighted by Crippen LogP contribution is 2.18. The van der Waals surface area contributed by atoms with Crippen LogP contribution in [0.5, 0.6) is 0 Å². The van der Waals surface area contributed by atoms with Gasteiger partial charge < -0.3 is 15.4 Å². The molecule has 0 saturated carbocycles. The van der Waals surface area contributed by atoms with E-state index in [1.54, 1.807) is 25.5 Å². The van der Waals surface area contributed by atoms with Gasteiger partial charge in [-0.3, -0.25) is 4.99 Å². The van der Waals surface area contributed by atoms with Crippen molar-refractivity contribution in [2.24, 2.45) is 4.99 Å². The van der Waals surface area contributed by atoms with Crippen LogP contribution in [-0.4, -0.2) is 52.5 Å². The number of methoxy groups -OCH3 is 1. The first-order chi connectivity index (χ1) is 13.1. The highest BCUT2D eigenvalue weighted by atomic mass is 127. The number of aromatic nitrogens is 4. The van der Waals surface area contributed by atoms with Gasteiger partial charge in [0.15, 0.2) is 11.8 Å². The first-order valence-electron chi connectivity index (χ1n) is 9.46. The molecule has 0 radical (unpaired) electrons. The van der Waals surface area contributed by atoms with Crippen LogP contribution in [0.3, 0.4) is 0 Å². The van der Waals surface area contributed by atoms with Gasteiger partial charge in [-0.1, -0.05) is 6.92 Å². The molecule has 0 fully saturated rings. The number of aryl methyl sites for hydroxylation is 3. The van der Waals surface area contributed by atoms with E-state index in [0.717, 1.165) is 56.4 Å². The summed E-state index contributed by atoms with van der Waals surface area (Å²) in [7, 11) is 3.47. The summed E-state index contributed by atoms with van der Waals surface area (Å²) in [6.45, 7) is 6.36. The van der Waals surface area contributed by atoms with E-state index < -0.39 is 0 Å². The number of rotatable bonds is 7. The molecule has 1 atom stereocenters. The molecule has 1 aliphatic rings. The topological polar surface area (TPSA) is 89.2 Å². The molecule has 0 aromatic carbocycles. The smallest absolute Gasteiger partial charge is 0.191 e. The van der Waals surface area contributed by atoms with Gasteiger partial charge in [-0.2, -0.15) is 5.10 Å². The third-order valence-electron chi connectivity index (χ3n) is 4.64. The summed E-state index contributed by atoms with van der Waals surface area (Å²) in [6, 6.07) is 0.287. The zero-order chi connectivity index (χ0) is 19.2. The maximum Gasteiger partial charge on any atom is 0.191 e. The fraction of sp³-hybridized carbons (Fsp3) is 0.667. The van der Waals surface area contributed by atoms with E-state index in [1.165, 1.54) is 15.6 Å². The van der Waals surface area contributed by atoms with Gasteiger partial charge in [0.2, 0.25) is 0 Å². The lowest BCUT2D eigenvalue weighted by Gasteiger charge is -2.25. The van der Waals surface area contributed by atoms with Crippen LogP contribution in [0, 0.1) is 6.92 Å². The van der Waals surface area contributed by atoms with Gasteiger partial charge in [-0.15, -0.1) is 35.3 Å². The predicted octanol–water partition coefficient (Wildman–Crippen LogP) is 2.09. The molecule has 10 heteroatoms. The maximum absolute atomic E-state index is 5.12. The second-order valence-corrected chi connectivity index (χ2v) is 7.94. The Kier molecular flexibility index (Phi) is 9.09. The van der Waals surface area contributed by atoms with Crippen LogP contribution in [0.15, 0.2) is 4.99 Å². The number of halogens is 1. The Morgan fingerprint density at radius 3 is 2.89 bits per heavy atom. The molecule has 156 valence electrons. The average Bonchev–Trinajstić information content (AvgIpc) is 3.23. The predicted molar refractivity (Wildman–Crippen MR) is 123 cm³/mol. The molecule has 0 aliphatic carbocycles. The summed E-state index contributed by atoms with van der Waals surface area (Å²) in [5, 5.41) is 12.6. The van der Waals surface area contributed by atoms with Gasteiger partial charge in [0.05, 0.1) is 17.2 Å². The third kappa shape index (κ3) is 5.86. The van der Waals surface area contributed by atoms with E-state index >= 15 is 0 Å². The normalized spacial score (nSPS) is 16.4. The Bertz CT molecular complexity index is 789. The summed E-state index contributed by atoms with van der Waals surface area (Å²) < 4.78 is 7.10. The molecule has 0 amide bonds. The number of hydrogen-bond donors (Lipinski definition) is 2. The molecule has 0 bridgehead atoms. The van der Waals surface area contributed by atoms with Gasteiger partial charge in [-0.25, -0.2) is 14.6 Å². The van der Waals surface area contributed by atoms with Crippen LogP contribution in [0.4, 0.5) is 0 Å². The molecule has 0 saturated heterocycles. The van der Waals surface area contributed by atoms with Crippen molar-refractivity contribution < 1.29 is 4.74 Å². The van der Waals surface area contributed by atoms with Gasteiger partial charge >= 0.3 is 0 Å². The summed E-state index contributed by atoms with van der Waals surface area (Å²) in [6.07, 6.45) is 3.82. The summed E-state index contributed by atoms with van der Waals surface area (Å²) in [4.78, 5) is 14.9. The zero-order valence-corrected chi connectivity index (χ0v) is 20.1. The molecule has 8 nitrogen and oxygen atoms in total. The molecule has 28 heavy (non-hydrogen) atoms. The number of hydrogen-bond acceptors (Lipinski definition) is 6. The molecular weight excluding hydrogens is 489 g/mol. The number of thiazole rings is 1. The van der Waals surface area contributed by atoms with Crippen molar-refractivity contribution in [2.75, 3.05) is 20.7 Å². The quantitative estimate of drug-likeness (QED) is 0.331. The maximum atomic E-state index is 5.12. The van der Waals surface area contributed by atoms with Gasteiger partial charge in [0.1, 0.15) is 12.4 Å². The minimum absolute atomic E-state index is 0. The van der Waals surface area contributed by atoms with Crippen LogP contribution in [0.2, 0.25) is 0 Å². The van der Waals surface area contributed by atoms with Crippen molar-refractivity contribution in [3.05, 3.63) is 27.2 Å². The third-order valence-corrected chi connectivity index (χ3v) is 5.72. The SMILES string of the molecule is CCc1nc(CCNC(=NC)NC2CCc3nc(COC)nn3C2)sc1C.I. The number of ether oxygens (including phenoxy) is 1. The molecule has 0 spiro atoms. The van der Waals surface area contributed by atoms with Gasteiger partial charge in [0, 0.05) is 44.5 Å². The number of fused-ring (bicyclic) bond motifs is 1. The van der Waals surface area contributed by atoms with Crippen LogP contribution < -0.4 is 10.6 Å². The van der Waals surface area contributed by atoms with E-state index in [1.807, 2.05) is 4.68 Å². The van der Waals surface area contributed by atoms with Crippen LogP contribution in [-0.2, 0) is 37.2 Å². The summed E-state index contributed by atoms with van der Waals surface area (Å²) in [5.74, 6) is 2.61. The molecule has 1 unspecified atom stereocenters. The Hall–Kier alpha value is -1.27. The summed E-state index contributed by atoms with van der Waals surface area (Å²) >= 11 is 1.79. The molecule has 3 heterocycles. The fourth-order valence-corrected chi connectivity index (χ4v) is 4.29. The van der Waals surface area contributed by atoms with Crippen molar-refractivity contribution >= 4 is 41.3 Å². The molecule has 2 N–H and O–H groups in total. The molecule has 2 aromatic heterocycles. The molecule has 3 rings (SSSR count). The number of guanidine groups is 1. The van der Waals surface area contributed by atoms with Crippen molar-refractivity contribution in [3.8, 4) is 0 Å². The van der Waals surface area contributed by atoms with Crippen molar-refractivity contribution in [2.45, 2.75) is 58.7 Å². The molecule has 1 aliphatic heterocycles. The standard InChI is InChI=1S/C18H29N7OS.HI/c1-5-14-12(2)27-17(22-14)8-9-20-18(19-3)21-13-6-7-16-23-15(11-26-4)24-25(16)10-13;/h13H,5-11H2,1-4H3,(H2,19,20,21);1H. The Morgan fingerprint density at radius 1 is 1.39 bits per heavy atom. The molecule has 2 aromatic rings. The summed E-state index contributed by atoms with van der Waals surface area (Å²) in [5.41, 5.74) is 1.22. The van der Waals surface area contributed by atoms with Gasteiger partial charge in [-0.05, 0) is 19.8 Å². The number of nitrogens with zero attached hydrogens (tertiary/aromatic N) is 5. The highest BCUT2D eigenvalue weighted by Gasteiger charge is 2.22. The van der Waals surface area contributed by atoms with Crippen LogP contribution in [0.25, 0.3) is 0 Å². The minimum Gasteiger partial charge on any atom is -0.377 e. The van der Waals surface area contributed by atoms with Crippen molar-refractivity contribution in [1.82, 2.24) is 30.4 Å². The first kappa shape index (κ1) is 23.0. The lowest BCUT2D eigenvalue weighted by molar-refractivity contribution is 0.177. The Labute approximate surface area is 187 Å². The molecular formula is C18H30IN7OS. The number of nitrogens with one attached hydrogen (secondary N) is 2. The van der Waals surface area contributed by atoms with Crippen LogP contribution in [0.1, 0.15) is 40.6 Å². The first-order valence-corrected chi connectivity index (χ1v) is 10.3. The van der Waals surface area contributed by atoms with Crippen molar-refractivity contribution in [3.63, 3.8) is 0 Å². The fourth-order valence-electron chi connectivity index (χ4n) is 3.27. The monoisotopic (exact) mass is 519 g/mol. The minimum atomic E-state index is 0. The lowest BCUT2D eigenvalue weighted by atomic mass is 10.1. The Balaban J connectivity index is 0.00000280. The van der Waals surface area contributed by atoms with Crippen molar-refractivity contribution in [1.29, 1.82) is 0 Å². The van der Waals surface area contributed by atoms with E-state index in [2.05, 4.69) is 39.6 Å². The largest absolute Gasteiger partial charge is 0.377 e. The van der Waals surface area contributed by atoms with Crippen LogP contribution >= 0.6 is 35.3 Å². The average molecular weight is 519 g/mol. The van der Waals surface area contributed by atoms with Gasteiger partial charge in [0.25, 0.3) is 0 Å². The van der Waals surface area contributed by atoms with E-state index in [0.29, 0.717) is 6.61 Å². The second-order valence-electron chi connectivity index (χ2n) is 6.65. The van der Waals surface area contributed by atoms with E-state index in [-0.39, 0.29) is 30.0 Å². The highest BCUT2D eigenvalue weighted by molar-refractivity contribution is 14.0. The van der Waals surface area contributed by atoms with E-state index in [4.69, 9.17) is 9.72 Å². The van der Waals surface area contributed by atoms with E-state index in [9.17, 15) is 0 Å². The number of aliphatic imine (C=N–C) groups is 1. The lowest BCUT2D eigenvalue weighted by Crippen LogP contribution is -2.47. The Morgan fingerprint density at radius 2 is 2.21 bits per heavy atom. The second kappa shape index (κ2) is 11.1. The zero-order valence-electron chi connectivity index (χ0n) is 17.0.